The lowest BCUT2D eigenvalue weighted by Gasteiger charge is -2.25. The fourth-order valence-corrected chi connectivity index (χ4v) is 3.68. The molecule has 0 radical (unpaired) electrons. The van der Waals surface area contributed by atoms with Crippen LogP contribution in [0.15, 0.2) is 29.6 Å². The predicted octanol–water partition coefficient (Wildman–Crippen LogP) is 3.15. The van der Waals surface area contributed by atoms with Crippen LogP contribution >= 0.6 is 11.3 Å². The third-order valence-electron chi connectivity index (χ3n) is 4.14. The van der Waals surface area contributed by atoms with Gasteiger partial charge in [0, 0.05) is 17.0 Å². The average Bonchev–Trinajstić information content (AvgIpc) is 3.00. The third-order valence-corrected chi connectivity index (χ3v) is 5.02. The van der Waals surface area contributed by atoms with Crippen LogP contribution in [0.5, 0.6) is 0 Å². The van der Waals surface area contributed by atoms with Gasteiger partial charge in [-0.25, -0.2) is 4.98 Å². The van der Waals surface area contributed by atoms with Crippen molar-refractivity contribution in [2.75, 3.05) is 0 Å². The number of benzene rings is 1. The molecule has 1 aromatic heterocycles. The van der Waals surface area contributed by atoms with Crippen molar-refractivity contribution in [3.63, 3.8) is 0 Å². The number of nitrogens with one attached hydrogen (secondary N) is 1. The minimum Gasteiger partial charge on any atom is -0.393 e. The Morgan fingerprint density at radius 2 is 2.00 bits per heavy atom. The zero-order valence-corrected chi connectivity index (χ0v) is 13.4. The van der Waals surface area contributed by atoms with E-state index in [1.807, 2.05) is 36.6 Å². The van der Waals surface area contributed by atoms with Crippen molar-refractivity contribution in [3.8, 4) is 10.6 Å². The largest absolute Gasteiger partial charge is 0.393 e. The number of carbonyl (C=O) groups is 1. The predicted molar refractivity (Wildman–Crippen MR) is 88.0 cm³/mol. The first kappa shape index (κ1) is 15.2. The second-order valence-corrected chi connectivity index (χ2v) is 6.69. The highest BCUT2D eigenvalue weighted by molar-refractivity contribution is 7.13. The summed E-state index contributed by atoms with van der Waals surface area (Å²) in [4.78, 5) is 16.8. The Bertz CT molecular complexity index is 660. The van der Waals surface area contributed by atoms with E-state index in [0.29, 0.717) is 5.69 Å². The van der Waals surface area contributed by atoms with Crippen LogP contribution in [0.4, 0.5) is 0 Å². The van der Waals surface area contributed by atoms with Gasteiger partial charge in [-0.15, -0.1) is 11.3 Å². The molecule has 0 spiro atoms. The van der Waals surface area contributed by atoms with Gasteiger partial charge < -0.3 is 10.4 Å². The molecule has 0 bridgehead atoms. The van der Waals surface area contributed by atoms with Crippen LogP contribution in [-0.4, -0.2) is 28.1 Å². The van der Waals surface area contributed by atoms with Crippen LogP contribution in [0, 0.1) is 6.92 Å². The van der Waals surface area contributed by atoms with E-state index in [0.717, 1.165) is 41.8 Å². The topological polar surface area (TPSA) is 62.2 Å². The quantitative estimate of drug-likeness (QED) is 0.914. The number of carbonyl (C=O) groups excluding carboxylic acids is 1. The van der Waals surface area contributed by atoms with E-state index in [1.165, 1.54) is 11.3 Å². The molecule has 0 aliphatic heterocycles. The molecule has 0 unspecified atom stereocenters. The number of aryl methyl sites for hydroxylation is 1. The van der Waals surface area contributed by atoms with Gasteiger partial charge >= 0.3 is 0 Å². The Morgan fingerprint density at radius 3 is 2.73 bits per heavy atom. The molecule has 1 aromatic carbocycles. The lowest BCUT2D eigenvalue weighted by molar-refractivity contribution is 0.0864. The van der Waals surface area contributed by atoms with Crippen LogP contribution in [0.1, 0.15) is 41.7 Å². The molecule has 22 heavy (non-hydrogen) atoms. The van der Waals surface area contributed by atoms with Crippen molar-refractivity contribution >= 4 is 17.2 Å². The molecule has 3 rings (SSSR count). The van der Waals surface area contributed by atoms with Crippen molar-refractivity contribution in [2.24, 2.45) is 0 Å². The summed E-state index contributed by atoms with van der Waals surface area (Å²) in [5, 5.41) is 15.2. The molecule has 1 fully saturated rings. The van der Waals surface area contributed by atoms with Gasteiger partial charge in [0.15, 0.2) is 0 Å². The highest BCUT2D eigenvalue weighted by Gasteiger charge is 2.22. The first-order valence-electron chi connectivity index (χ1n) is 7.64. The first-order valence-corrected chi connectivity index (χ1v) is 8.52. The molecular weight excluding hydrogens is 296 g/mol. The molecule has 116 valence electrons. The molecule has 1 amide bonds. The standard InChI is InChI=1S/C17H20N2O2S/c1-11-4-2-3-5-14(11)17-19-15(10-22-17)16(21)18-12-6-8-13(20)9-7-12/h2-5,10,12-13,20H,6-9H2,1H3,(H,18,21). The number of thiazole rings is 1. The minimum atomic E-state index is -0.208. The van der Waals surface area contributed by atoms with E-state index in [1.54, 1.807) is 0 Å². The summed E-state index contributed by atoms with van der Waals surface area (Å²) < 4.78 is 0. The van der Waals surface area contributed by atoms with E-state index < -0.39 is 0 Å². The number of aliphatic hydroxyl groups excluding tert-OH is 1. The fourth-order valence-electron chi connectivity index (χ4n) is 2.79. The van der Waals surface area contributed by atoms with E-state index in [4.69, 9.17) is 0 Å². The van der Waals surface area contributed by atoms with Gasteiger partial charge in [0.25, 0.3) is 5.91 Å². The van der Waals surface area contributed by atoms with Crippen molar-refractivity contribution in [1.82, 2.24) is 10.3 Å². The van der Waals surface area contributed by atoms with Crippen molar-refractivity contribution in [3.05, 3.63) is 40.9 Å². The second-order valence-electron chi connectivity index (χ2n) is 5.83. The molecule has 2 N–H and O–H groups in total. The van der Waals surface area contributed by atoms with Gasteiger partial charge in [0.2, 0.25) is 0 Å². The third kappa shape index (κ3) is 3.36. The van der Waals surface area contributed by atoms with Gasteiger partial charge in [-0.2, -0.15) is 0 Å². The summed E-state index contributed by atoms with van der Waals surface area (Å²) in [5.74, 6) is -0.113. The van der Waals surface area contributed by atoms with Crippen molar-refractivity contribution < 1.29 is 9.90 Å². The van der Waals surface area contributed by atoms with Crippen LogP contribution in [0.3, 0.4) is 0 Å². The number of rotatable bonds is 3. The van der Waals surface area contributed by atoms with E-state index in [2.05, 4.69) is 10.3 Å². The van der Waals surface area contributed by atoms with Crippen LogP contribution in [0.2, 0.25) is 0 Å². The van der Waals surface area contributed by atoms with Gasteiger partial charge in [-0.3, -0.25) is 4.79 Å². The summed E-state index contributed by atoms with van der Waals surface area (Å²) in [6, 6.07) is 8.20. The summed E-state index contributed by atoms with van der Waals surface area (Å²) in [6.45, 7) is 2.05. The summed E-state index contributed by atoms with van der Waals surface area (Å²) >= 11 is 1.50. The maximum Gasteiger partial charge on any atom is 0.270 e. The maximum absolute atomic E-state index is 12.3. The number of hydrogen-bond acceptors (Lipinski definition) is 4. The monoisotopic (exact) mass is 316 g/mol. The van der Waals surface area contributed by atoms with Gasteiger partial charge in [-0.05, 0) is 38.2 Å². The highest BCUT2D eigenvalue weighted by atomic mass is 32.1. The molecule has 5 heteroatoms. The Morgan fingerprint density at radius 1 is 1.27 bits per heavy atom. The SMILES string of the molecule is Cc1ccccc1-c1nc(C(=O)NC2CCC(O)CC2)cs1. The van der Waals surface area contributed by atoms with Crippen molar-refractivity contribution in [2.45, 2.75) is 44.8 Å². The molecule has 0 saturated heterocycles. The number of amides is 1. The molecule has 1 saturated carbocycles. The fraction of sp³-hybridized carbons (Fsp3) is 0.412. The van der Waals surface area contributed by atoms with Crippen LogP contribution in [0.25, 0.3) is 10.6 Å². The number of nitrogens with zero attached hydrogens (tertiary/aromatic N) is 1. The normalized spacial score (nSPS) is 21.5. The Labute approximate surface area is 134 Å². The summed E-state index contributed by atoms with van der Waals surface area (Å²) in [7, 11) is 0. The maximum atomic E-state index is 12.3. The first-order chi connectivity index (χ1) is 10.6. The molecule has 1 aliphatic carbocycles. The summed E-state index contributed by atoms with van der Waals surface area (Å²) in [5.41, 5.74) is 2.71. The zero-order valence-electron chi connectivity index (χ0n) is 12.6. The van der Waals surface area contributed by atoms with Crippen LogP contribution in [-0.2, 0) is 0 Å². The van der Waals surface area contributed by atoms with Gasteiger partial charge in [-0.1, -0.05) is 24.3 Å². The molecule has 1 aliphatic rings. The molecule has 2 aromatic rings. The molecule has 0 atom stereocenters. The van der Waals surface area contributed by atoms with E-state index in [-0.39, 0.29) is 18.1 Å². The molecule has 4 nitrogen and oxygen atoms in total. The smallest absolute Gasteiger partial charge is 0.270 e. The van der Waals surface area contributed by atoms with Crippen LogP contribution < -0.4 is 5.32 Å². The number of aliphatic hydroxyl groups is 1. The molecular formula is C17H20N2O2S. The minimum absolute atomic E-state index is 0.113. The Balaban J connectivity index is 1.68. The zero-order chi connectivity index (χ0) is 15.5. The van der Waals surface area contributed by atoms with Gasteiger partial charge in [0.05, 0.1) is 6.10 Å². The lowest BCUT2D eigenvalue weighted by Crippen LogP contribution is -2.38. The number of hydrogen-bond donors (Lipinski definition) is 2. The van der Waals surface area contributed by atoms with E-state index >= 15 is 0 Å². The molecule has 1 heterocycles. The highest BCUT2D eigenvalue weighted by Crippen LogP contribution is 2.27. The van der Waals surface area contributed by atoms with Gasteiger partial charge in [0.1, 0.15) is 10.7 Å². The van der Waals surface area contributed by atoms with E-state index in [9.17, 15) is 9.90 Å². The lowest BCUT2D eigenvalue weighted by atomic mass is 9.93. The van der Waals surface area contributed by atoms with Crippen molar-refractivity contribution in [1.29, 1.82) is 0 Å². The average molecular weight is 316 g/mol. The number of aromatic nitrogens is 1. The summed E-state index contributed by atoms with van der Waals surface area (Å²) in [6.07, 6.45) is 2.98. The Hall–Kier alpha value is -1.72. The second kappa shape index (κ2) is 6.58. The Kier molecular flexibility index (Phi) is 4.55.